The lowest BCUT2D eigenvalue weighted by molar-refractivity contribution is 0.177. The molecule has 2 rings (SSSR count). The van der Waals surface area contributed by atoms with Gasteiger partial charge in [0.05, 0.1) is 6.10 Å². The van der Waals surface area contributed by atoms with E-state index in [1.165, 1.54) is 16.7 Å². The standard InChI is InChI=1S/C16H16BrIO/c1-10-4-3-5-11(2)13(10)9-16(19)14-8-12(18)6-7-15(14)17/h3-8,16,19H,9H2,1-2H3. The molecule has 1 N–H and O–H groups in total. The Morgan fingerprint density at radius 2 is 1.79 bits per heavy atom. The van der Waals surface area contributed by atoms with E-state index in [1.807, 2.05) is 18.2 Å². The van der Waals surface area contributed by atoms with E-state index in [-0.39, 0.29) is 0 Å². The summed E-state index contributed by atoms with van der Waals surface area (Å²) in [5.74, 6) is 0. The summed E-state index contributed by atoms with van der Waals surface area (Å²) in [5, 5.41) is 10.5. The summed E-state index contributed by atoms with van der Waals surface area (Å²) in [4.78, 5) is 0. The second kappa shape index (κ2) is 6.37. The molecule has 0 aliphatic carbocycles. The van der Waals surface area contributed by atoms with Gasteiger partial charge in [0.25, 0.3) is 0 Å². The van der Waals surface area contributed by atoms with Gasteiger partial charge >= 0.3 is 0 Å². The van der Waals surface area contributed by atoms with Crippen molar-refractivity contribution >= 4 is 38.5 Å². The topological polar surface area (TPSA) is 20.2 Å². The molecule has 1 nitrogen and oxygen atoms in total. The molecule has 0 amide bonds. The quantitative estimate of drug-likeness (QED) is 0.683. The van der Waals surface area contributed by atoms with Crippen molar-refractivity contribution in [2.24, 2.45) is 0 Å². The summed E-state index contributed by atoms with van der Waals surface area (Å²) in [6, 6.07) is 12.3. The highest BCUT2D eigenvalue weighted by Gasteiger charge is 2.14. The van der Waals surface area contributed by atoms with Crippen LogP contribution in [0.4, 0.5) is 0 Å². The minimum absolute atomic E-state index is 0.483. The smallest absolute Gasteiger partial charge is 0.0841 e. The molecule has 0 aromatic heterocycles. The van der Waals surface area contributed by atoms with Gasteiger partial charge in [-0.3, -0.25) is 0 Å². The molecule has 1 atom stereocenters. The zero-order valence-electron chi connectivity index (χ0n) is 11.0. The van der Waals surface area contributed by atoms with Gasteiger partial charge in [-0.25, -0.2) is 0 Å². The predicted molar refractivity (Wildman–Crippen MR) is 91.4 cm³/mol. The summed E-state index contributed by atoms with van der Waals surface area (Å²) >= 11 is 5.79. The summed E-state index contributed by atoms with van der Waals surface area (Å²) in [5.41, 5.74) is 4.66. The average Bonchev–Trinajstić information content (AvgIpc) is 2.37. The van der Waals surface area contributed by atoms with Gasteiger partial charge in [-0.2, -0.15) is 0 Å². The SMILES string of the molecule is Cc1cccc(C)c1CC(O)c1cc(I)ccc1Br. The summed E-state index contributed by atoms with van der Waals surface area (Å²) in [6.07, 6.45) is 0.167. The van der Waals surface area contributed by atoms with Crippen molar-refractivity contribution in [2.45, 2.75) is 26.4 Å². The molecule has 0 heterocycles. The highest BCUT2D eigenvalue weighted by molar-refractivity contribution is 14.1. The van der Waals surface area contributed by atoms with Crippen LogP contribution in [0.1, 0.15) is 28.4 Å². The minimum atomic E-state index is -0.483. The summed E-state index contributed by atoms with van der Waals surface area (Å²) in [6.45, 7) is 4.19. The molecule has 100 valence electrons. The maximum absolute atomic E-state index is 10.5. The number of halogens is 2. The van der Waals surface area contributed by atoms with Crippen LogP contribution < -0.4 is 0 Å². The van der Waals surface area contributed by atoms with Crippen molar-refractivity contribution in [3.05, 3.63) is 66.7 Å². The van der Waals surface area contributed by atoms with E-state index in [9.17, 15) is 5.11 Å². The normalized spacial score (nSPS) is 12.5. The number of aliphatic hydroxyl groups is 1. The Bertz CT molecular complexity index is 575. The first-order valence-electron chi connectivity index (χ1n) is 6.17. The predicted octanol–water partition coefficient (Wildman–Crippen LogP) is 4.95. The van der Waals surface area contributed by atoms with Crippen LogP contribution in [0, 0.1) is 17.4 Å². The van der Waals surface area contributed by atoms with Crippen LogP contribution in [-0.2, 0) is 6.42 Å². The van der Waals surface area contributed by atoms with E-state index >= 15 is 0 Å². The first-order chi connectivity index (χ1) is 8.99. The lowest BCUT2D eigenvalue weighted by Crippen LogP contribution is -2.06. The van der Waals surface area contributed by atoms with E-state index in [0.29, 0.717) is 6.42 Å². The van der Waals surface area contributed by atoms with Crippen molar-refractivity contribution < 1.29 is 5.11 Å². The number of hydrogen-bond donors (Lipinski definition) is 1. The molecule has 1 unspecified atom stereocenters. The van der Waals surface area contributed by atoms with Crippen molar-refractivity contribution in [3.8, 4) is 0 Å². The lowest BCUT2D eigenvalue weighted by Gasteiger charge is -2.16. The molecule has 0 aliphatic rings. The molecule has 0 bridgehead atoms. The number of hydrogen-bond acceptors (Lipinski definition) is 1. The van der Waals surface area contributed by atoms with E-state index in [1.54, 1.807) is 0 Å². The average molecular weight is 431 g/mol. The van der Waals surface area contributed by atoms with Crippen molar-refractivity contribution in [2.75, 3.05) is 0 Å². The molecule has 0 radical (unpaired) electrons. The maximum Gasteiger partial charge on any atom is 0.0841 e. The molecular formula is C16H16BrIO. The summed E-state index contributed by atoms with van der Waals surface area (Å²) in [7, 11) is 0. The van der Waals surface area contributed by atoms with Gasteiger partial charge in [-0.15, -0.1) is 0 Å². The molecule has 0 aliphatic heterocycles. The molecule has 0 spiro atoms. The first kappa shape index (κ1) is 15.0. The molecule has 0 saturated heterocycles. The molecule has 2 aromatic carbocycles. The Morgan fingerprint density at radius 1 is 1.16 bits per heavy atom. The lowest BCUT2D eigenvalue weighted by atomic mass is 9.95. The fourth-order valence-corrected chi connectivity index (χ4v) is 3.27. The van der Waals surface area contributed by atoms with E-state index in [2.05, 4.69) is 70.6 Å². The first-order valence-corrected chi connectivity index (χ1v) is 8.04. The Hall–Kier alpha value is -0.390. The van der Waals surface area contributed by atoms with Crippen molar-refractivity contribution in [1.29, 1.82) is 0 Å². The second-order valence-corrected chi connectivity index (χ2v) is 6.86. The van der Waals surface area contributed by atoms with Crippen molar-refractivity contribution in [3.63, 3.8) is 0 Å². The van der Waals surface area contributed by atoms with Gasteiger partial charge in [-0.1, -0.05) is 34.1 Å². The van der Waals surface area contributed by atoms with Gasteiger partial charge < -0.3 is 5.11 Å². The van der Waals surface area contributed by atoms with Gasteiger partial charge in [-0.05, 0) is 76.9 Å². The van der Waals surface area contributed by atoms with Gasteiger partial charge in [0, 0.05) is 14.5 Å². The highest BCUT2D eigenvalue weighted by atomic mass is 127. The van der Waals surface area contributed by atoms with Gasteiger partial charge in [0.15, 0.2) is 0 Å². The molecule has 0 fully saturated rings. The van der Waals surface area contributed by atoms with E-state index in [4.69, 9.17) is 0 Å². The maximum atomic E-state index is 10.5. The van der Waals surface area contributed by atoms with Crippen LogP contribution in [0.15, 0.2) is 40.9 Å². The molecule has 3 heteroatoms. The largest absolute Gasteiger partial charge is 0.388 e. The number of aliphatic hydroxyl groups excluding tert-OH is 1. The zero-order chi connectivity index (χ0) is 14.0. The number of rotatable bonds is 3. The zero-order valence-corrected chi connectivity index (χ0v) is 14.7. The van der Waals surface area contributed by atoms with E-state index < -0.39 is 6.10 Å². The van der Waals surface area contributed by atoms with E-state index in [0.717, 1.165) is 13.6 Å². The number of benzene rings is 2. The highest BCUT2D eigenvalue weighted by Crippen LogP contribution is 2.29. The third kappa shape index (κ3) is 3.58. The van der Waals surface area contributed by atoms with Gasteiger partial charge in [0.1, 0.15) is 0 Å². The number of aryl methyl sites for hydroxylation is 2. The summed E-state index contributed by atoms with van der Waals surface area (Å²) < 4.78 is 2.10. The third-order valence-corrected chi connectivity index (χ3v) is 4.75. The molecule has 2 aromatic rings. The fourth-order valence-electron chi connectivity index (χ4n) is 2.24. The molecule has 19 heavy (non-hydrogen) atoms. The Labute approximate surface area is 136 Å². The molecule has 0 saturated carbocycles. The van der Waals surface area contributed by atoms with Crippen molar-refractivity contribution in [1.82, 2.24) is 0 Å². The monoisotopic (exact) mass is 430 g/mol. The van der Waals surface area contributed by atoms with Crippen LogP contribution in [0.3, 0.4) is 0 Å². The Morgan fingerprint density at radius 3 is 2.42 bits per heavy atom. The Balaban J connectivity index is 2.31. The minimum Gasteiger partial charge on any atom is -0.388 e. The van der Waals surface area contributed by atoms with Crippen LogP contribution >= 0.6 is 38.5 Å². The Kier molecular flexibility index (Phi) is 5.03. The molecular weight excluding hydrogens is 415 g/mol. The van der Waals surface area contributed by atoms with Crippen LogP contribution in [-0.4, -0.2) is 5.11 Å². The van der Waals surface area contributed by atoms with Crippen LogP contribution in [0.25, 0.3) is 0 Å². The fraction of sp³-hybridized carbons (Fsp3) is 0.250. The van der Waals surface area contributed by atoms with Crippen LogP contribution in [0.5, 0.6) is 0 Å². The van der Waals surface area contributed by atoms with Crippen LogP contribution in [0.2, 0.25) is 0 Å². The van der Waals surface area contributed by atoms with Gasteiger partial charge in [0.2, 0.25) is 0 Å². The third-order valence-electron chi connectivity index (χ3n) is 3.36. The second-order valence-electron chi connectivity index (χ2n) is 4.76.